The zero-order valence-electron chi connectivity index (χ0n) is 11.7. The summed E-state index contributed by atoms with van der Waals surface area (Å²) in [6.07, 6.45) is 0.789. The monoisotopic (exact) mass is 377 g/mol. The number of rotatable bonds is 6. The van der Waals surface area contributed by atoms with Crippen LogP contribution in [0, 0.1) is 0 Å². The topological polar surface area (TPSA) is 38.3 Å². The summed E-state index contributed by atoms with van der Waals surface area (Å²) < 4.78 is 5.39. The molecule has 0 saturated heterocycles. The summed E-state index contributed by atoms with van der Waals surface area (Å²) in [7, 11) is 0. The Morgan fingerprint density at radius 2 is 2.00 bits per heavy atom. The molecule has 0 saturated carbocycles. The van der Waals surface area contributed by atoms with Crippen molar-refractivity contribution < 1.29 is 9.53 Å². The van der Waals surface area contributed by atoms with Crippen molar-refractivity contribution in [3.05, 3.63) is 49.6 Å². The lowest BCUT2D eigenvalue weighted by atomic mass is 10.2. The zero-order chi connectivity index (χ0) is 16.1. The normalized spacial score (nSPS) is 12.0. The smallest absolute Gasteiger partial charge is 0.258 e. The number of nitrogens with one attached hydrogen (secondary N) is 1. The van der Waals surface area contributed by atoms with Crippen LogP contribution >= 0.6 is 46.1 Å². The standard InChI is InChI=1S/C15H14Cl3NO2S/c1-9(5-10-3-2-4-22-10)19-15(20)8-21-14-7-12(17)11(16)6-13(14)18/h2-4,6-7,9H,5,8H2,1H3,(H,19,20). The quantitative estimate of drug-likeness (QED) is 0.731. The van der Waals surface area contributed by atoms with Crippen molar-refractivity contribution in [3.8, 4) is 5.75 Å². The van der Waals surface area contributed by atoms with Crippen LogP contribution in [-0.2, 0) is 11.2 Å². The van der Waals surface area contributed by atoms with Gasteiger partial charge in [0, 0.05) is 23.4 Å². The van der Waals surface area contributed by atoms with E-state index in [4.69, 9.17) is 39.5 Å². The van der Waals surface area contributed by atoms with E-state index in [1.165, 1.54) is 17.0 Å². The van der Waals surface area contributed by atoms with Gasteiger partial charge in [-0.1, -0.05) is 40.9 Å². The molecule has 2 rings (SSSR count). The lowest BCUT2D eigenvalue weighted by molar-refractivity contribution is -0.123. The minimum atomic E-state index is -0.216. The molecule has 0 aliphatic heterocycles. The van der Waals surface area contributed by atoms with Crippen LogP contribution in [0.3, 0.4) is 0 Å². The first-order chi connectivity index (χ1) is 10.5. The highest BCUT2D eigenvalue weighted by molar-refractivity contribution is 7.09. The van der Waals surface area contributed by atoms with Gasteiger partial charge in [-0.2, -0.15) is 0 Å². The first-order valence-electron chi connectivity index (χ1n) is 6.55. The molecule has 2 aromatic rings. The van der Waals surface area contributed by atoms with Crippen molar-refractivity contribution in [2.75, 3.05) is 6.61 Å². The molecule has 7 heteroatoms. The van der Waals surface area contributed by atoms with Crippen molar-refractivity contribution in [1.82, 2.24) is 5.32 Å². The summed E-state index contributed by atoms with van der Waals surface area (Å²) in [5, 5.41) is 5.87. The number of benzene rings is 1. The second-order valence-electron chi connectivity index (χ2n) is 4.74. The molecule has 1 N–H and O–H groups in total. The van der Waals surface area contributed by atoms with Crippen LogP contribution in [0.1, 0.15) is 11.8 Å². The molecule has 118 valence electrons. The summed E-state index contributed by atoms with van der Waals surface area (Å²) >= 11 is 19.4. The summed E-state index contributed by atoms with van der Waals surface area (Å²) in [6.45, 7) is 1.82. The average molecular weight is 379 g/mol. The molecule has 0 aliphatic carbocycles. The Hall–Kier alpha value is -0.940. The van der Waals surface area contributed by atoms with Gasteiger partial charge < -0.3 is 10.1 Å². The van der Waals surface area contributed by atoms with Gasteiger partial charge in [0.05, 0.1) is 15.1 Å². The first-order valence-corrected chi connectivity index (χ1v) is 8.56. The molecule has 0 spiro atoms. The minimum absolute atomic E-state index is 0.0269. The van der Waals surface area contributed by atoms with Crippen LogP contribution < -0.4 is 10.1 Å². The maximum Gasteiger partial charge on any atom is 0.258 e. The molecule has 1 amide bonds. The average Bonchev–Trinajstić information content (AvgIpc) is 2.94. The zero-order valence-corrected chi connectivity index (χ0v) is 14.8. The van der Waals surface area contributed by atoms with Gasteiger partial charge >= 0.3 is 0 Å². The Morgan fingerprint density at radius 1 is 1.27 bits per heavy atom. The molecule has 0 fully saturated rings. The predicted molar refractivity (Wildman–Crippen MR) is 92.6 cm³/mol. The lowest BCUT2D eigenvalue weighted by Crippen LogP contribution is -2.37. The number of halogens is 3. The maximum absolute atomic E-state index is 11.9. The molecule has 3 nitrogen and oxygen atoms in total. The SMILES string of the molecule is CC(Cc1cccs1)NC(=O)COc1cc(Cl)c(Cl)cc1Cl. The Labute approximate surface area is 148 Å². The summed E-state index contributed by atoms with van der Waals surface area (Å²) in [6, 6.07) is 7.04. The van der Waals surface area contributed by atoms with E-state index in [1.807, 2.05) is 24.4 Å². The molecule has 0 bridgehead atoms. The molecule has 1 heterocycles. The fourth-order valence-electron chi connectivity index (χ4n) is 1.86. The van der Waals surface area contributed by atoms with Gasteiger partial charge in [-0.15, -0.1) is 11.3 Å². The summed E-state index contributed by atoms with van der Waals surface area (Å²) in [5.74, 6) is 0.114. The summed E-state index contributed by atoms with van der Waals surface area (Å²) in [4.78, 5) is 13.1. The predicted octanol–water partition coefficient (Wildman–Crippen LogP) is 4.83. The van der Waals surface area contributed by atoms with E-state index < -0.39 is 0 Å². The van der Waals surface area contributed by atoms with Crippen molar-refractivity contribution in [1.29, 1.82) is 0 Å². The Balaban J connectivity index is 1.84. The van der Waals surface area contributed by atoms with Crippen molar-refractivity contribution in [3.63, 3.8) is 0 Å². The highest BCUT2D eigenvalue weighted by Gasteiger charge is 2.12. The van der Waals surface area contributed by atoms with E-state index in [1.54, 1.807) is 11.3 Å². The van der Waals surface area contributed by atoms with E-state index in [9.17, 15) is 4.79 Å². The third-order valence-corrected chi connectivity index (χ3v) is 4.74. The number of hydrogen-bond donors (Lipinski definition) is 1. The molecule has 22 heavy (non-hydrogen) atoms. The molecule has 1 unspecified atom stereocenters. The van der Waals surface area contributed by atoms with Crippen LogP contribution in [0.25, 0.3) is 0 Å². The van der Waals surface area contributed by atoms with Gasteiger partial charge in [-0.25, -0.2) is 0 Å². The van der Waals surface area contributed by atoms with Crippen LogP contribution in [0.5, 0.6) is 5.75 Å². The number of ether oxygens (including phenoxy) is 1. The first kappa shape index (κ1) is 17.4. The second-order valence-corrected chi connectivity index (χ2v) is 6.99. The van der Waals surface area contributed by atoms with Crippen LogP contribution in [0.4, 0.5) is 0 Å². The highest BCUT2D eigenvalue weighted by Crippen LogP contribution is 2.33. The largest absolute Gasteiger partial charge is 0.482 e. The van der Waals surface area contributed by atoms with E-state index >= 15 is 0 Å². The number of amides is 1. The Morgan fingerprint density at radius 3 is 2.68 bits per heavy atom. The van der Waals surface area contributed by atoms with E-state index in [0.29, 0.717) is 20.8 Å². The van der Waals surface area contributed by atoms with E-state index in [0.717, 1.165) is 6.42 Å². The second kappa shape index (κ2) is 8.06. The Bertz CT molecular complexity index is 646. The van der Waals surface area contributed by atoms with Crippen LogP contribution in [0.15, 0.2) is 29.6 Å². The van der Waals surface area contributed by atoms with Gasteiger partial charge in [0.15, 0.2) is 6.61 Å². The molecular weight excluding hydrogens is 365 g/mol. The molecule has 1 aromatic heterocycles. The lowest BCUT2D eigenvalue weighted by Gasteiger charge is -2.14. The minimum Gasteiger partial charge on any atom is -0.482 e. The highest BCUT2D eigenvalue weighted by atomic mass is 35.5. The number of hydrogen-bond acceptors (Lipinski definition) is 3. The van der Waals surface area contributed by atoms with Crippen molar-refractivity contribution in [2.24, 2.45) is 0 Å². The van der Waals surface area contributed by atoms with Gasteiger partial charge in [0.25, 0.3) is 5.91 Å². The third-order valence-electron chi connectivity index (χ3n) is 2.83. The van der Waals surface area contributed by atoms with Gasteiger partial charge in [0.1, 0.15) is 5.75 Å². The van der Waals surface area contributed by atoms with Gasteiger partial charge in [-0.3, -0.25) is 4.79 Å². The fourth-order valence-corrected chi connectivity index (χ4v) is 3.28. The van der Waals surface area contributed by atoms with Crippen molar-refractivity contribution >= 4 is 52.0 Å². The van der Waals surface area contributed by atoms with Crippen LogP contribution in [-0.4, -0.2) is 18.6 Å². The molecular formula is C15H14Cl3NO2S. The molecule has 1 aromatic carbocycles. The number of thiophene rings is 1. The van der Waals surface area contributed by atoms with E-state index in [-0.39, 0.29) is 18.6 Å². The summed E-state index contributed by atoms with van der Waals surface area (Å²) in [5.41, 5.74) is 0. The molecule has 0 radical (unpaired) electrons. The Kier molecular flexibility index (Phi) is 6.38. The number of carbonyl (C=O) groups is 1. The van der Waals surface area contributed by atoms with E-state index in [2.05, 4.69) is 5.32 Å². The number of carbonyl (C=O) groups excluding carboxylic acids is 1. The van der Waals surface area contributed by atoms with Gasteiger partial charge in [0.2, 0.25) is 0 Å². The molecule has 1 atom stereocenters. The van der Waals surface area contributed by atoms with Gasteiger partial charge in [-0.05, 0) is 24.4 Å². The van der Waals surface area contributed by atoms with Crippen molar-refractivity contribution in [2.45, 2.75) is 19.4 Å². The molecule has 0 aliphatic rings. The third kappa shape index (κ3) is 5.06. The van der Waals surface area contributed by atoms with Crippen LogP contribution in [0.2, 0.25) is 15.1 Å². The fraction of sp³-hybridized carbons (Fsp3) is 0.267. The maximum atomic E-state index is 11.9.